The third-order valence-corrected chi connectivity index (χ3v) is 6.06. The fraction of sp³-hybridized carbons (Fsp3) is 0.280. The standard InChI is InChI=1S/C25H24F3N7O/c1-2-13-34-23(36)19-16-29-24(30-17-9-11-18(12-10-17)33-14-4-3-5-15-33)32-22(19)35(34)21-8-6-7-20(31-21)25(26,27)28/h2,6-12,16H,1,3-5,13-15H2,(H,29,30,32). The van der Waals surface area contributed by atoms with Crippen LogP contribution in [0.25, 0.3) is 16.9 Å². The van der Waals surface area contributed by atoms with Crippen molar-refractivity contribution in [1.82, 2.24) is 24.3 Å². The van der Waals surface area contributed by atoms with Crippen LogP contribution in [0.3, 0.4) is 0 Å². The number of halogens is 3. The monoisotopic (exact) mass is 495 g/mol. The molecule has 0 aliphatic carbocycles. The third-order valence-electron chi connectivity index (χ3n) is 6.06. The van der Waals surface area contributed by atoms with Crippen molar-refractivity contribution in [2.45, 2.75) is 32.0 Å². The summed E-state index contributed by atoms with van der Waals surface area (Å²) in [5.41, 5.74) is 0.493. The number of hydrogen-bond donors (Lipinski definition) is 1. The van der Waals surface area contributed by atoms with Crippen LogP contribution in [0.2, 0.25) is 0 Å². The van der Waals surface area contributed by atoms with Gasteiger partial charge in [-0.1, -0.05) is 12.1 Å². The van der Waals surface area contributed by atoms with Crippen LogP contribution in [0.1, 0.15) is 25.0 Å². The number of allylic oxidation sites excluding steroid dienone is 1. The Morgan fingerprint density at radius 2 is 1.78 bits per heavy atom. The second-order valence-electron chi connectivity index (χ2n) is 8.52. The topological polar surface area (TPSA) is 80.9 Å². The van der Waals surface area contributed by atoms with Crippen molar-refractivity contribution in [2.75, 3.05) is 23.3 Å². The van der Waals surface area contributed by atoms with Crippen molar-refractivity contribution in [2.24, 2.45) is 0 Å². The molecule has 0 saturated carbocycles. The highest BCUT2D eigenvalue weighted by Crippen LogP contribution is 2.29. The number of nitrogens with zero attached hydrogens (tertiary/aromatic N) is 6. The minimum absolute atomic E-state index is 0.0494. The Morgan fingerprint density at radius 1 is 1.03 bits per heavy atom. The summed E-state index contributed by atoms with van der Waals surface area (Å²) in [7, 11) is 0. The molecule has 1 saturated heterocycles. The largest absolute Gasteiger partial charge is 0.433 e. The molecule has 5 rings (SSSR count). The fourth-order valence-electron chi connectivity index (χ4n) is 4.34. The van der Waals surface area contributed by atoms with Crippen LogP contribution in [0.15, 0.2) is 66.1 Å². The van der Waals surface area contributed by atoms with Gasteiger partial charge in [-0.25, -0.2) is 19.3 Å². The van der Waals surface area contributed by atoms with E-state index in [1.165, 1.54) is 53.0 Å². The van der Waals surface area contributed by atoms with Gasteiger partial charge in [0, 0.05) is 30.7 Å². The number of aromatic nitrogens is 5. The van der Waals surface area contributed by atoms with Crippen LogP contribution >= 0.6 is 0 Å². The Balaban J connectivity index is 1.53. The maximum absolute atomic E-state index is 13.3. The van der Waals surface area contributed by atoms with Gasteiger partial charge in [0.15, 0.2) is 11.5 Å². The van der Waals surface area contributed by atoms with E-state index >= 15 is 0 Å². The number of benzene rings is 1. The summed E-state index contributed by atoms with van der Waals surface area (Å²) in [6.45, 7) is 5.77. The highest BCUT2D eigenvalue weighted by atomic mass is 19.4. The van der Waals surface area contributed by atoms with Crippen molar-refractivity contribution >= 4 is 28.4 Å². The number of pyridine rings is 1. The zero-order valence-electron chi connectivity index (χ0n) is 19.4. The summed E-state index contributed by atoms with van der Waals surface area (Å²) < 4.78 is 42.4. The summed E-state index contributed by atoms with van der Waals surface area (Å²) in [5.74, 6) is 0.110. The van der Waals surface area contributed by atoms with Gasteiger partial charge in [-0.05, 0) is 55.7 Å². The summed E-state index contributed by atoms with van der Waals surface area (Å²) in [6, 6.07) is 11.4. The zero-order valence-corrected chi connectivity index (χ0v) is 19.4. The summed E-state index contributed by atoms with van der Waals surface area (Å²) >= 11 is 0. The first-order valence-corrected chi connectivity index (χ1v) is 11.6. The van der Waals surface area contributed by atoms with E-state index in [0.717, 1.165) is 30.5 Å². The summed E-state index contributed by atoms with van der Waals surface area (Å²) in [4.78, 5) is 27.8. The van der Waals surface area contributed by atoms with Crippen LogP contribution in [0, 0.1) is 0 Å². The Kier molecular flexibility index (Phi) is 6.21. The molecule has 36 heavy (non-hydrogen) atoms. The van der Waals surface area contributed by atoms with Gasteiger partial charge in [-0.15, -0.1) is 6.58 Å². The lowest BCUT2D eigenvalue weighted by Crippen LogP contribution is -2.29. The lowest BCUT2D eigenvalue weighted by atomic mass is 10.1. The van der Waals surface area contributed by atoms with E-state index in [9.17, 15) is 18.0 Å². The van der Waals surface area contributed by atoms with Gasteiger partial charge in [-0.3, -0.25) is 4.79 Å². The SMILES string of the molecule is C=CCn1c(=O)c2cnc(Nc3ccc(N4CCCCC4)cc3)nc2n1-c1cccc(C(F)(F)F)n1. The lowest BCUT2D eigenvalue weighted by molar-refractivity contribution is -0.141. The first-order chi connectivity index (χ1) is 17.3. The van der Waals surface area contributed by atoms with Crippen molar-refractivity contribution in [3.05, 3.63) is 77.4 Å². The van der Waals surface area contributed by atoms with Crippen molar-refractivity contribution < 1.29 is 13.2 Å². The van der Waals surface area contributed by atoms with E-state index in [0.29, 0.717) is 0 Å². The zero-order chi connectivity index (χ0) is 25.3. The van der Waals surface area contributed by atoms with Crippen molar-refractivity contribution in [3.63, 3.8) is 0 Å². The Hall–Kier alpha value is -4.15. The maximum atomic E-state index is 13.3. The van der Waals surface area contributed by atoms with Gasteiger partial charge in [0.05, 0.1) is 6.54 Å². The van der Waals surface area contributed by atoms with E-state index in [1.54, 1.807) is 0 Å². The van der Waals surface area contributed by atoms with E-state index in [1.807, 2.05) is 24.3 Å². The average Bonchev–Trinajstić information content (AvgIpc) is 3.15. The molecule has 0 atom stereocenters. The van der Waals surface area contributed by atoms with E-state index in [-0.39, 0.29) is 29.3 Å². The van der Waals surface area contributed by atoms with Crippen LogP contribution in [0.5, 0.6) is 0 Å². The summed E-state index contributed by atoms with van der Waals surface area (Å²) in [5, 5.41) is 3.27. The third kappa shape index (κ3) is 4.56. The minimum atomic E-state index is -4.63. The average molecular weight is 496 g/mol. The number of piperidine rings is 1. The molecule has 0 unspecified atom stereocenters. The molecule has 11 heteroatoms. The predicted molar refractivity (Wildman–Crippen MR) is 132 cm³/mol. The molecule has 0 bridgehead atoms. The molecular weight excluding hydrogens is 471 g/mol. The predicted octanol–water partition coefficient (Wildman–Crippen LogP) is 4.92. The van der Waals surface area contributed by atoms with Gasteiger partial charge in [0.1, 0.15) is 11.1 Å². The molecule has 0 amide bonds. The molecule has 4 heterocycles. The number of alkyl halides is 3. The van der Waals surface area contributed by atoms with Crippen LogP contribution in [0.4, 0.5) is 30.5 Å². The molecule has 1 fully saturated rings. The Labute approximate surface area is 204 Å². The quantitative estimate of drug-likeness (QED) is 0.383. The first kappa shape index (κ1) is 23.6. The van der Waals surface area contributed by atoms with Crippen LogP contribution in [-0.4, -0.2) is 37.4 Å². The van der Waals surface area contributed by atoms with Crippen molar-refractivity contribution in [3.8, 4) is 5.82 Å². The molecule has 1 aromatic carbocycles. The number of rotatable bonds is 6. The fourth-order valence-corrected chi connectivity index (χ4v) is 4.34. The van der Waals surface area contributed by atoms with Crippen LogP contribution < -0.4 is 15.8 Å². The molecular formula is C25H24F3N7O. The van der Waals surface area contributed by atoms with E-state index in [2.05, 4.69) is 31.7 Å². The summed E-state index contributed by atoms with van der Waals surface area (Å²) in [6.07, 6.45) is 1.82. The highest BCUT2D eigenvalue weighted by Gasteiger charge is 2.33. The molecule has 3 aromatic heterocycles. The second-order valence-corrected chi connectivity index (χ2v) is 8.52. The Morgan fingerprint density at radius 3 is 2.47 bits per heavy atom. The molecule has 4 aromatic rings. The first-order valence-electron chi connectivity index (χ1n) is 11.6. The highest BCUT2D eigenvalue weighted by molar-refractivity contribution is 5.77. The molecule has 8 nitrogen and oxygen atoms in total. The molecule has 1 aliphatic rings. The van der Waals surface area contributed by atoms with Crippen LogP contribution in [-0.2, 0) is 12.7 Å². The van der Waals surface area contributed by atoms with Gasteiger partial charge in [-0.2, -0.15) is 18.2 Å². The second kappa shape index (κ2) is 9.48. The minimum Gasteiger partial charge on any atom is -0.372 e. The van der Waals surface area contributed by atoms with Gasteiger partial charge in [0.25, 0.3) is 5.56 Å². The number of nitrogens with one attached hydrogen (secondary N) is 1. The number of fused-ring (bicyclic) bond motifs is 1. The lowest BCUT2D eigenvalue weighted by Gasteiger charge is -2.28. The van der Waals surface area contributed by atoms with E-state index in [4.69, 9.17) is 0 Å². The smallest absolute Gasteiger partial charge is 0.372 e. The molecule has 1 aliphatic heterocycles. The van der Waals surface area contributed by atoms with Gasteiger partial charge >= 0.3 is 6.18 Å². The molecule has 0 spiro atoms. The van der Waals surface area contributed by atoms with Crippen molar-refractivity contribution in [1.29, 1.82) is 0 Å². The number of hydrogen-bond acceptors (Lipinski definition) is 6. The van der Waals surface area contributed by atoms with Gasteiger partial charge < -0.3 is 10.2 Å². The molecule has 1 N–H and O–H groups in total. The normalized spacial score (nSPS) is 14.2. The van der Waals surface area contributed by atoms with E-state index < -0.39 is 17.4 Å². The maximum Gasteiger partial charge on any atom is 0.433 e. The molecule has 0 radical (unpaired) electrons. The molecule has 186 valence electrons. The Bertz CT molecular complexity index is 1450. The number of anilines is 3. The van der Waals surface area contributed by atoms with Gasteiger partial charge in [0.2, 0.25) is 5.95 Å².